The van der Waals surface area contributed by atoms with Gasteiger partial charge in [-0.3, -0.25) is 4.79 Å². The van der Waals surface area contributed by atoms with Crippen molar-refractivity contribution in [1.29, 1.82) is 0 Å². The molecule has 1 heterocycles. The molecule has 0 spiro atoms. The van der Waals surface area contributed by atoms with Gasteiger partial charge in [-0.2, -0.15) is 0 Å². The standard InChI is InChI=1S/C15H22N2O2/c1-3-4-11-7-8-17(10-11)15(18)13-9-12(19-2)5-6-14(13)16/h5-6,9,11H,3-4,7-8,10,16H2,1-2H3. The summed E-state index contributed by atoms with van der Waals surface area (Å²) < 4.78 is 5.16. The van der Waals surface area contributed by atoms with Crippen LogP contribution in [0.3, 0.4) is 0 Å². The van der Waals surface area contributed by atoms with Crippen LogP contribution in [0.2, 0.25) is 0 Å². The topological polar surface area (TPSA) is 55.6 Å². The van der Waals surface area contributed by atoms with E-state index in [-0.39, 0.29) is 5.91 Å². The van der Waals surface area contributed by atoms with Crippen molar-refractivity contribution in [2.24, 2.45) is 5.92 Å². The Bertz CT molecular complexity index is 459. The summed E-state index contributed by atoms with van der Waals surface area (Å²) in [5.41, 5.74) is 6.97. The van der Waals surface area contributed by atoms with Gasteiger partial charge in [0.25, 0.3) is 5.91 Å². The van der Waals surface area contributed by atoms with E-state index < -0.39 is 0 Å². The highest BCUT2D eigenvalue weighted by Gasteiger charge is 2.27. The second-order valence-corrected chi connectivity index (χ2v) is 5.15. The van der Waals surface area contributed by atoms with Gasteiger partial charge in [0.2, 0.25) is 0 Å². The third kappa shape index (κ3) is 3.00. The minimum absolute atomic E-state index is 0.0232. The van der Waals surface area contributed by atoms with Crippen molar-refractivity contribution in [1.82, 2.24) is 4.90 Å². The van der Waals surface area contributed by atoms with Crippen molar-refractivity contribution in [3.05, 3.63) is 23.8 Å². The number of ether oxygens (including phenoxy) is 1. The molecule has 0 bridgehead atoms. The number of nitrogens with two attached hydrogens (primary N) is 1. The summed E-state index contributed by atoms with van der Waals surface area (Å²) in [6, 6.07) is 5.23. The van der Waals surface area contributed by atoms with Crippen LogP contribution in [0.25, 0.3) is 0 Å². The molecule has 1 unspecified atom stereocenters. The lowest BCUT2D eigenvalue weighted by Crippen LogP contribution is -2.29. The molecule has 104 valence electrons. The van der Waals surface area contributed by atoms with Crippen LogP contribution in [-0.2, 0) is 0 Å². The van der Waals surface area contributed by atoms with Gasteiger partial charge in [0, 0.05) is 18.8 Å². The number of hydrogen-bond acceptors (Lipinski definition) is 3. The van der Waals surface area contributed by atoms with Gasteiger partial charge < -0.3 is 15.4 Å². The number of hydrogen-bond donors (Lipinski definition) is 1. The minimum Gasteiger partial charge on any atom is -0.497 e. The molecule has 0 aliphatic carbocycles. The first kappa shape index (κ1) is 13.7. The van der Waals surface area contributed by atoms with Crippen LogP contribution in [0.5, 0.6) is 5.75 Å². The number of nitrogens with zero attached hydrogens (tertiary/aromatic N) is 1. The van der Waals surface area contributed by atoms with Crippen molar-refractivity contribution < 1.29 is 9.53 Å². The second kappa shape index (κ2) is 5.95. The number of amides is 1. The number of nitrogen functional groups attached to an aromatic ring is 1. The van der Waals surface area contributed by atoms with Crippen molar-refractivity contribution in [2.45, 2.75) is 26.2 Å². The molecule has 1 aliphatic heterocycles. The summed E-state index contributed by atoms with van der Waals surface area (Å²) in [7, 11) is 1.59. The SMILES string of the molecule is CCCC1CCN(C(=O)c2cc(OC)ccc2N)C1. The summed E-state index contributed by atoms with van der Waals surface area (Å²) >= 11 is 0. The van der Waals surface area contributed by atoms with Crippen molar-refractivity contribution in [3.63, 3.8) is 0 Å². The number of rotatable bonds is 4. The number of carbonyl (C=O) groups excluding carboxylic acids is 1. The van der Waals surface area contributed by atoms with Crippen LogP contribution >= 0.6 is 0 Å². The van der Waals surface area contributed by atoms with Crippen LogP contribution in [0, 0.1) is 5.92 Å². The van der Waals surface area contributed by atoms with E-state index in [1.807, 2.05) is 4.90 Å². The van der Waals surface area contributed by atoms with Gasteiger partial charge >= 0.3 is 0 Å². The normalized spacial score (nSPS) is 18.6. The van der Waals surface area contributed by atoms with Gasteiger partial charge in [0.05, 0.1) is 12.7 Å². The zero-order valence-electron chi connectivity index (χ0n) is 11.7. The molecule has 1 aliphatic rings. The Balaban J connectivity index is 2.12. The molecule has 0 radical (unpaired) electrons. The fourth-order valence-electron chi connectivity index (χ4n) is 2.68. The molecular formula is C15H22N2O2. The van der Waals surface area contributed by atoms with Gasteiger partial charge in [0.1, 0.15) is 5.75 Å². The van der Waals surface area contributed by atoms with Gasteiger partial charge in [-0.1, -0.05) is 13.3 Å². The molecule has 1 saturated heterocycles. The molecule has 19 heavy (non-hydrogen) atoms. The maximum absolute atomic E-state index is 12.5. The molecule has 1 aromatic rings. The first-order valence-electron chi connectivity index (χ1n) is 6.88. The molecule has 0 aromatic heterocycles. The number of methoxy groups -OCH3 is 1. The lowest BCUT2D eigenvalue weighted by atomic mass is 10.0. The maximum atomic E-state index is 12.5. The summed E-state index contributed by atoms with van der Waals surface area (Å²) in [6.07, 6.45) is 3.47. The van der Waals surface area contributed by atoms with Gasteiger partial charge in [-0.05, 0) is 37.0 Å². The van der Waals surface area contributed by atoms with Crippen molar-refractivity contribution in [3.8, 4) is 5.75 Å². The zero-order chi connectivity index (χ0) is 13.8. The molecule has 2 N–H and O–H groups in total. The van der Waals surface area contributed by atoms with Crippen LogP contribution < -0.4 is 10.5 Å². The molecule has 0 saturated carbocycles. The predicted molar refractivity (Wildman–Crippen MR) is 76.3 cm³/mol. The Labute approximate surface area is 114 Å². The van der Waals surface area contributed by atoms with E-state index in [2.05, 4.69) is 6.92 Å². The Morgan fingerprint density at radius 2 is 2.32 bits per heavy atom. The second-order valence-electron chi connectivity index (χ2n) is 5.15. The summed E-state index contributed by atoms with van der Waals surface area (Å²) in [6.45, 7) is 3.87. The first-order valence-corrected chi connectivity index (χ1v) is 6.88. The molecule has 1 aromatic carbocycles. The number of benzene rings is 1. The van der Waals surface area contributed by atoms with E-state index in [4.69, 9.17) is 10.5 Å². The highest BCUT2D eigenvalue weighted by Crippen LogP contribution is 2.26. The van der Waals surface area contributed by atoms with E-state index in [1.54, 1.807) is 25.3 Å². The summed E-state index contributed by atoms with van der Waals surface area (Å²) in [5, 5.41) is 0. The Kier molecular flexibility index (Phi) is 4.30. The van der Waals surface area contributed by atoms with E-state index in [1.165, 1.54) is 12.8 Å². The minimum atomic E-state index is 0.0232. The quantitative estimate of drug-likeness (QED) is 0.848. The third-order valence-corrected chi connectivity index (χ3v) is 3.76. The van der Waals surface area contributed by atoms with E-state index in [0.29, 0.717) is 22.9 Å². The first-order chi connectivity index (χ1) is 9.15. The Morgan fingerprint density at radius 1 is 1.53 bits per heavy atom. The predicted octanol–water partition coefficient (Wildman–Crippen LogP) is 2.54. The number of likely N-dealkylation sites (tertiary alicyclic amines) is 1. The van der Waals surface area contributed by atoms with Crippen LogP contribution in [0.1, 0.15) is 36.5 Å². The highest BCUT2D eigenvalue weighted by atomic mass is 16.5. The molecule has 4 nitrogen and oxygen atoms in total. The van der Waals surface area contributed by atoms with Crippen LogP contribution in [0.15, 0.2) is 18.2 Å². The van der Waals surface area contributed by atoms with Gasteiger partial charge in [0.15, 0.2) is 0 Å². The summed E-state index contributed by atoms with van der Waals surface area (Å²) in [5.74, 6) is 1.33. The monoisotopic (exact) mass is 262 g/mol. The van der Waals surface area contributed by atoms with Crippen LogP contribution in [0.4, 0.5) is 5.69 Å². The van der Waals surface area contributed by atoms with E-state index in [0.717, 1.165) is 19.5 Å². The average Bonchev–Trinajstić information content (AvgIpc) is 2.88. The lowest BCUT2D eigenvalue weighted by Gasteiger charge is -2.18. The average molecular weight is 262 g/mol. The Morgan fingerprint density at radius 3 is 3.00 bits per heavy atom. The smallest absolute Gasteiger partial charge is 0.256 e. The van der Waals surface area contributed by atoms with Gasteiger partial charge in [-0.25, -0.2) is 0 Å². The van der Waals surface area contributed by atoms with Crippen molar-refractivity contribution >= 4 is 11.6 Å². The lowest BCUT2D eigenvalue weighted by molar-refractivity contribution is 0.0787. The zero-order valence-corrected chi connectivity index (χ0v) is 11.7. The largest absolute Gasteiger partial charge is 0.497 e. The number of carbonyl (C=O) groups is 1. The fourth-order valence-corrected chi connectivity index (χ4v) is 2.68. The number of anilines is 1. The van der Waals surface area contributed by atoms with E-state index >= 15 is 0 Å². The molecule has 1 amide bonds. The molecule has 2 rings (SSSR count). The molecule has 4 heteroatoms. The van der Waals surface area contributed by atoms with Gasteiger partial charge in [-0.15, -0.1) is 0 Å². The van der Waals surface area contributed by atoms with Crippen LogP contribution in [-0.4, -0.2) is 31.0 Å². The molecule has 1 atom stereocenters. The Hall–Kier alpha value is -1.71. The summed E-state index contributed by atoms with van der Waals surface area (Å²) in [4.78, 5) is 14.4. The van der Waals surface area contributed by atoms with E-state index in [9.17, 15) is 4.79 Å². The highest BCUT2D eigenvalue weighted by molar-refractivity contribution is 5.99. The van der Waals surface area contributed by atoms with Crippen molar-refractivity contribution in [2.75, 3.05) is 25.9 Å². The maximum Gasteiger partial charge on any atom is 0.256 e. The third-order valence-electron chi connectivity index (χ3n) is 3.76. The fraction of sp³-hybridized carbons (Fsp3) is 0.533. The molecule has 1 fully saturated rings. The molecular weight excluding hydrogens is 240 g/mol.